The number of benzene rings is 2. The number of hydrogen-bond donors (Lipinski definition) is 6. The van der Waals surface area contributed by atoms with Crippen molar-refractivity contribution in [2.75, 3.05) is 13.2 Å². The Balaban J connectivity index is 2.62. The van der Waals surface area contributed by atoms with Gasteiger partial charge in [0.15, 0.2) is 0 Å². The summed E-state index contributed by atoms with van der Waals surface area (Å²) in [7, 11) is 0. The molecule has 0 heterocycles. The zero-order valence-electron chi connectivity index (χ0n) is 31.1. The van der Waals surface area contributed by atoms with Crippen molar-refractivity contribution in [3.05, 3.63) is 46.5 Å². The van der Waals surface area contributed by atoms with Crippen molar-refractivity contribution < 1.29 is 35.4 Å². The monoisotopic (exact) mass is 694 g/mol. The fourth-order valence-corrected chi connectivity index (χ4v) is 7.97. The van der Waals surface area contributed by atoms with E-state index in [4.69, 9.17) is 9.84 Å². The molecule has 7 nitrogen and oxygen atoms in total. The molecule has 0 aliphatic carbocycles. The molecule has 9 heteroatoms. The average molecular weight is 695 g/mol. The molecule has 5 atom stereocenters. The maximum atomic E-state index is 11.3. The van der Waals surface area contributed by atoms with Crippen LogP contribution in [0, 0.1) is 0 Å². The fraction of sp³-hybridized carbons (Fsp3) is 0.684. The predicted molar refractivity (Wildman–Crippen MR) is 196 cm³/mol. The summed E-state index contributed by atoms with van der Waals surface area (Å²) in [6, 6.07) is 8.57. The first-order chi connectivity index (χ1) is 21.2. The van der Waals surface area contributed by atoms with Crippen LogP contribution >= 0.6 is 23.5 Å². The molecule has 0 radical (unpaired) electrons. The Bertz CT molecular complexity index is 1280. The number of hydrogen-bond acceptors (Lipinski definition) is 9. The van der Waals surface area contributed by atoms with Crippen LogP contribution in [-0.4, -0.2) is 72.3 Å². The molecule has 2 aromatic carbocycles. The molecule has 0 aliphatic heterocycles. The van der Waals surface area contributed by atoms with Crippen LogP contribution in [0.25, 0.3) is 0 Å². The highest BCUT2D eigenvalue weighted by atomic mass is 32.2. The highest BCUT2D eigenvalue weighted by Crippen LogP contribution is 2.52. The smallest absolute Gasteiger partial charge is 0.126 e. The van der Waals surface area contributed by atoms with Gasteiger partial charge in [-0.3, -0.25) is 0 Å². The predicted octanol–water partition coefficient (Wildman–Crippen LogP) is 7.41. The number of aliphatic hydroxyl groups is 5. The van der Waals surface area contributed by atoms with E-state index in [1.54, 1.807) is 11.8 Å². The lowest BCUT2D eigenvalue weighted by Crippen LogP contribution is -2.47. The molecule has 0 aromatic heterocycles. The highest BCUT2D eigenvalue weighted by Gasteiger charge is 2.35. The minimum atomic E-state index is -1.72. The quantitative estimate of drug-likeness (QED) is 0.0994. The van der Waals surface area contributed by atoms with Crippen molar-refractivity contribution in [3.8, 4) is 11.5 Å². The molecule has 6 N–H and O–H groups in total. The summed E-state index contributed by atoms with van der Waals surface area (Å²) in [5.74, 6) is 0.990. The fourth-order valence-electron chi connectivity index (χ4n) is 5.24. The zero-order chi connectivity index (χ0) is 36.5. The van der Waals surface area contributed by atoms with Gasteiger partial charge in [0.25, 0.3) is 0 Å². The van der Waals surface area contributed by atoms with E-state index in [9.17, 15) is 25.5 Å². The zero-order valence-corrected chi connectivity index (χ0v) is 32.8. The Morgan fingerprint density at radius 1 is 0.596 bits per heavy atom. The summed E-state index contributed by atoms with van der Waals surface area (Å²) in [6.45, 7) is 28.8. The summed E-state index contributed by atoms with van der Waals surface area (Å²) in [6.07, 6.45) is -5.64. The van der Waals surface area contributed by atoms with E-state index in [2.05, 4.69) is 121 Å². The van der Waals surface area contributed by atoms with E-state index in [1.807, 2.05) is 11.8 Å². The van der Waals surface area contributed by atoms with Crippen LogP contribution in [0.5, 0.6) is 11.5 Å². The lowest BCUT2D eigenvalue weighted by Gasteiger charge is -2.34. The number of aromatic hydroxyl groups is 1. The number of rotatable bonds is 12. The van der Waals surface area contributed by atoms with Gasteiger partial charge in [-0.15, -0.1) is 23.5 Å². The first-order valence-corrected chi connectivity index (χ1v) is 18.2. The number of ether oxygens (including phenoxy) is 1. The topological polar surface area (TPSA) is 131 Å². The number of phenols is 1. The van der Waals surface area contributed by atoms with Gasteiger partial charge in [0.05, 0.1) is 10.7 Å². The maximum absolute atomic E-state index is 11.3. The Morgan fingerprint density at radius 2 is 0.936 bits per heavy atom. The van der Waals surface area contributed by atoms with Gasteiger partial charge in [-0.05, 0) is 59.3 Å². The standard InChI is InChI=1S/C38H62O7S2/c1-15-38(14,46-22-16-24(34(2,3)4)30(42)25(17-22)35(5,6)7)47-23-18-26(36(8,9)10)33(27(19-23)37(11,12)13)45-21-29(41)32(44)31(43)28(40)20-39/h16-19,28-29,31-32,39-44H,15,20-21H2,1-14H3. The molecule has 5 unspecified atom stereocenters. The largest absolute Gasteiger partial charge is 0.507 e. The van der Waals surface area contributed by atoms with Crippen molar-refractivity contribution in [2.24, 2.45) is 0 Å². The van der Waals surface area contributed by atoms with Crippen LogP contribution in [0.4, 0.5) is 0 Å². The van der Waals surface area contributed by atoms with Crippen LogP contribution in [-0.2, 0) is 21.7 Å². The van der Waals surface area contributed by atoms with Gasteiger partial charge in [0.1, 0.15) is 42.5 Å². The lowest BCUT2D eigenvalue weighted by atomic mass is 9.79. The van der Waals surface area contributed by atoms with Gasteiger partial charge in [-0.1, -0.05) is 90.0 Å². The van der Waals surface area contributed by atoms with E-state index in [0.717, 1.165) is 38.5 Å². The van der Waals surface area contributed by atoms with Crippen LogP contribution in [0.2, 0.25) is 0 Å². The van der Waals surface area contributed by atoms with Crippen molar-refractivity contribution >= 4 is 23.5 Å². The van der Waals surface area contributed by atoms with Crippen molar-refractivity contribution in [1.82, 2.24) is 0 Å². The Hall–Kier alpha value is -1.46. The molecule has 0 fully saturated rings. The van der Waals surface area contributed by atoms with E-state index in [1.165, 1.54) is 0 Å². The molecule has 0 spiro atoms. The van der Waals surface area contributed by atoms with E-state index < -0.39 is 31.0 Å². The Kier molecular flexibility index (Phi) is 13.5. The third-order valence-electron chi connectivity index (χ3n) is 8.41. The second-order valence-electron chi connectivity index (χ2n) is 17.0. The molecule has 0 aliphatic rings. The molecule has 268 valence electrons. The Morgan fingerprint density at radius 3 is 1.26 bits per heavy atom. The van der Waals surface area contributed by atoms with Gasteiger partial charge in [0.2, 0.25) is 0 Å². The second kappa shape index (κ2) is 15.2. The molecule has 0 bridgehead atoms. The van der Waals surface area contributed by atoms with Gasteiger partial charge in [-0.25, -0.2) is 0 Å². The summed E-state index contributed by atoms with van der Waals surface area (Å²) in [5, 5.41) is 61.4. The summed E-state index contributed by atoms with van der Waals surface area (Å²) >= 11 is 3.60. The summed E-state index contributed by atoms with van der Waals surface area (Å²) in [5.41, 5.74) is 2.65. The molecular weight excluding hydrogens is 633 g/mol. The minimum Gasteiger partial charge on any atom is -0.507 e. The third-order valence-corrected chi connectivity index (χ3v) is 11.3. The van der Waals surface area contributed by atoms with Crippen molar-refractivity contribution in [2.45, 2.75) is 163 Å². The Labute approximate surface area is 292 Å². The first-order valence-electron chi connectivity index (χ1n) is 16.6. The van der Waals surface area contributed by atoms with Gasteiger partial charge < -0.3 is 35.4 Å². The van der Waals surface area contributed by atoms with Gasteiger partial charge in [-0.2, -0.15) is 0 Å². The molecule has 0 saturated carbocycles. The lowest BCUT2D eigenvalue weighted by molar-refractivity contribution is -0.121. The number of thioether (sulfide) groups is 2. The minimum absolute atomic E-state index is 0.226. The van der Waals surface area contributed by atoms with Gasteiger partial charge >= 0.3 is 0 Å². The molecule has 0 amide bonds. The van der Waals surface area contributed by atoms with Gasteiger partial charge in [0, 0.05) is 32.0 Å². The molecule has 47 heavy (non-hydrogen) atoms. The molecular formula is C38H62O7S2. The summed E-state index contributed by atoms with van der Waals surface area (Å²) < 4.78 is 6.02. The molecule has 0 saturated heterocycles. The molecule has 2 rings (SSSR count). The number of phenolic OH excluding ortho intramolecular Hbond substituents is 1. The first kappa shape index (κ1) is 41.7. The van der Waals surface area contributed by atoms with Crippen molar-refractivity contribution in [3.63, 3.8) is 0 Å². The normalized spacial score (nSPS) is 17.2. The van der Waals surface area contributed by atoms with Crippen LogP contribution in [0.15, 0.2) is 34.1 Å². The highest BCUT2D eigenvalue weighted by molar-refractivity contribution is 8.18. The van der Waals surface area contributed by atoms with Crippen LogP contribution in [0.1, 0.15) is 126 Å². The number of aliphatic hydroxyl groups excluding tert-OH is 5. The van der Waals surface area contributed by atoms with E-state index >= 15 is 0 Å². The maximum Gasteiger partial charge on any atom is 0.126 e. The van der Waals surface area contributed by atoms with Crippen LogP contribution < -0.4 is 4.74 Å². The molecule has 2 aromatic rings. The SMILES string of the molecule is CCC(C)(Sc1cc(C(C)(C)C)c(O)c(C(C)(C)C)c1)Sc1cc(C(C)(C)C)c(OCC(O)C(O)C(O)C(O)CO)c(C(C)(C)C)c1. The third kappa shape index (κ3) is 10.8. The van der Waals surface area contributed by atoms with Crippen molar-refractivity contribution in [1.29, 1.82) is 0 Å². The average Bonchev–Trinajstić information content (AvgIpc) is 2.93. The van der Waals surface area contributed by atoms with E-state index in [-0.39, 0.29) is 32.3 Å². The second-order valence-corrected chi connectivity index (χ2v) is 20.4. The summed E-state index contributed by atoms with van der Waals surface area (Å²) in [4.78, 5) is 2.19. The van der Waals surface area contributed by atoms with E-state index in [0.29, 0.717) is 11.5 Å². The van der Waals surface area contributed by atoms with Crippen LogP contribution in [0.3, 0.4) is 0 Å².